The van der Waals surface area contributed by atoms with E-state index >= 15 is 0 Å². The van der Waals surface area contributed by atoms with E-state index in [1.54, 1.807) is 29.2 Å². The molecule has 94 valence electrons. The number of rotatable bonds is 2. The number of anilines is 1. The van der Waals surface area contributed by atoms with Crippen molar-refractivity contribution in [3.05, 3.63) is 29.8 Å². The molecular weight excluding hydrogens is 232 g/mol. The van der Waals surface area contributed by atoms with Gasteiger partial charge >= 0.3 is 0 Å². The molecule has 0 bridgehead atoms. The van der Waals surface area contributed by atoms with Crippen molar-refractivity contribution in [3.8, 4) is 0 Å². The molecule has 18 heavy (non-hydrogen) atoms. The van der Waals surface area contributed by atoms with E-state index in [1.165, 1.54) is 14.0 Å². The average molecular weight is 246 g/mol. The molecule has 0 aromatic heterocycles. The first-order valence-electron chi connectivity index (χ1n) is 5.64. The Morgan fingerprint density at radius 1 is 1.17 bits per heavy atom. The zero-order valence-corrected chi connectivity index (χ0v) is 10.3. The summed E-state index contributed by atoms with van der Waals surface area (Å²) in [5.41, 5.74) is 1.30. The summed E-state index contributed by atoms with van der Waals surface area (Å²) in [4.78, 5) is 37.3. The van der Waals surface area contributed by atoms with Gasteiger partial charge < -0.3 is 4.90 Å². The Kier molecular flexibility index (Phi) is 3.14. The first kappa shape index (κ1) is 12.3. The standard InChI is InChI=1S/C13H14N2O3/c1-9(16)10-4-3-5-11(6-10)15-7-12(17)14(2)13(18)8-15/h3-6H,7-8H2,1-2H3. The molecule has 0 saturated carbocycles. The summed E-state index contributed by atoms with van der Waals surface area (Å²) in [5.74, 6) is -0.511. The van der Waals surface area contributed by atoms with Crippen molar-refractivity contribution in [2.75, 3.05) is 25.0 Å². The predicted molar refractivity (Wildman–Crippen MR) is 66.4 cm³/mol. The number of piperazine rings is 1. The van der Waals surface area contributed by atoms with Crippen LogP contribution in [0.2, 0.25) is 0 Å². The second-order valence-electron chi connectivity index (χ2n) is 4.31. The normalized spacial score (nSPS) is 16.1. The zero-order chi connectivity index (χ0) is 13.3. The summed E-state index contributed by atoms with van der Waals surface area (Å²) in [5, 5.41) is 0. The number of benzene rings is 1. The van der Waals surface area contributed by atoms with Crippen LogP contribution in [0.25, 0.3) is 0 Å². The Bertz CT molecular complexity index is 507. The van der Waals surface area contributed by atoms with E-state index in [-0.39, 0.29) is 30.7 Å². The molecule has 0 N–H and O–H groups in total. The van der Waals surface area contributed by atoms with E-state index in [1.807, 2.05) is 0 Å². The minimum absolute atomic E-state index is 0.0383. The molecule has 1 saturated heterocycles. The Morgan fingerprint density at radius 2 is 1.78 bits per heavy atom. The van der Waals surface area contributed by atoms with Crippen molar-refractivity contribution >= 4 is 23.3 Å². The molecule has 1 aliphatic heterocycles. The maximum Gasteiger partial charge on any atom is 0.248 e. The smallest absolute Gasteiger partial charge is 0.248 e. The van der Waals surface area contributed by atoms with E-state index in [9.17, 15) is 14.4 Å². The Balaban J connectivity index is 2.27. The van der Waals surface area contributed by atoms with Crippen LogP contribution in [0.1, 0.15) is 17.3 Å². The number of likely N-dealkylation sites (N-methyl/N-ethyl adjacent to an activating group) is 1. The number of carbonyl (C=O) groups is 3. The lowest BCUT2D eigenvalue weighted by Gasteiger charge is -2.32. The molecule has 5 heteroatoms. The number of carbonyl (C=O) groups excluding carboxylic acids is 3. The number of nitrogens with zero attached hydrogens (tertiary/aromatic N) is 2. The summed E-state index contributed by atoms with van der Waals surface area (Å²) in [6, 6.07) is 6.96. The highest BCUT2D eigenvalue weighted by atomic mass is 16.2. The van der Waals surface area contributed by atoms with Crippen LogP contribution in [-0.2, 0) is 9.59 Å². The van der Waals surface area contributed by atoms with Crippen molar-refractivity contribution in [1.29, 1.82) is 0 Å². The van der Waals surface area contributed by atoms with Gasteiger partial charge in [-0.1, -0.05) is 12.1 Å². The summed E-state index contributed by atoms with van der Waals surface area (Å²) in [6.45, 7) is 1.80. The second-order valence-corrected chi connectivity index (χ2v) is 4.31. The van der Waals surface area contributed by atoms with E-state index < -0.39 is 0 Å². The lowest BCUT2D eigenvalue weighted by molar-refractivity contribution is -0.143. The average Bonchev–Trinajstić information content (AvgIpc) is 2.35. The number of imide groups is 1. The molecule has 0 spiro atoms. The molecule has 1 heterocycles. The van der Waals surface area contributed by atoms with Gasteiger partial charge in [0.25, 0.3) is 0 Å². The van der Waals surface area contributed by atoms with Gasteiger partial charge in [-0.3, -0.25) is 19.3 Å². The largest absolute Gasteiger partial charge is 0.353 e. The van der Waals surface area contributed by atoms with Gasteiger partial charge in [-0.2, -0.15) is 0 Å². The fraction of sp³-hybridized carbons (Fsp3) is 0.308. The third kappa shape index (κ3) is 2.25. The minimum Gasteiger partial charge on any atom is -0.353 e. The van der Waals surface area contributed by atoms with Gasteiger partial charge in [-0.05, 0) is 19.1 Å². The van der Waals surface area contributed by atoms with Gasteiger partial charge in [0.15, 0.2) is 5.78 Å². The Labute approximate surface area is 105 Å². The molecule has 0 aliphatic carbocycles. The van der Waals surface area contributed by atoms with Crippen molar-refractivity contribution in [1.82, 2.24) is 4.90 Å². The van der Waals surface area contributed by atoms with Gasteiger partial charge in [0.05, 0.1) is 13.1 Å². The number of hydrogen-bond donors (Lipinski definition) is 0. The van der Waals surface area contributed by atoms with E-state index in [2.05, 4.69) is 0 Å². The van der Waals surface area contributed by atoms with Crippen LogP contribution < -0.4 is 4.90 Å². The summed E-state index contributed by atoms with van der Waals surface area (Å²) < 4.78 is 0. The molecule has 0 radical (unpaired) electrons. The van der Waals surface area contributed by atoms with Crippen LogP contribution in [-0.4, -0.2) is 42.6 Å². The van der Waals surface area contributed by atoms with Gasteiger partial charge in [-0.25, -0.2) is 0 Å². The van der Waals surface area contributed by atoms with E-state index in [0.29, 0.717) is 5.56 Å². The fourth-order valence-electron chi connectivity index (χ4n) is 1.84. The summed E-state index contributed by atoms with van der Waals surface area (Å²) in [7, 11) is 1.48. The maximum absolute atomic E-state index is 11.6. The molecule has 1 aromatic carbocycles. The second kappa shape index (κ2) is 4.60. The van der Waals surface area contributed by atoms with Gasteiger partial charge in [0, 0.05) is 18.3 Å². The number of amides is 2. The lowest BCUT2D eigenvalue weighted by atomic mass is 10.1. The van der Waals surface area contributed by atoms with Crippen molar-refractivity contribution < 1.29 is 14.4 Å². The molecule has 1 aliphatic rings. The number of ketones is 1. The molecule has 1 aromatic rings. The fourth-order valence-corrected chi connectivity index (χ4v) is 1.84. The third-order valence-electron chi connectivity index (χ3n) is 3.02. The Morgan fingerprint density at radius 3 is 2.33 bits per heavy atom. The van der Waals surface area contributed by atoms with Crippen molar-refractivity contribution in [2.24, 2.45) is 0 Å². The van der Waals surface area contributed by atoms with Crippen LogP contribution in [0.5, 0.6) is 0 Å². The highest BCUT2D eigenvalue weighted by Crippen LogP contribution is 2.18. The number of hydrogen-bond acceptors (Lipinski definition) is 4. The summed E-state index contributed by atoms with van der Waals surface area (Å²) >= 11 is 0. The molecule has 1 fully saturated rings. The SMILES string of the molecule is CC(=O)c1cccc(N2CC(=O)N(C)C(=O)C2)c1. The number of Topliss-reactive ketones (excluding diaryl/α,β-unsaturated/α-hetero) is 1. The third-order valence-corrected chi connectivity index (χ3v) is 3.02. The van der Waals surface area contributed by atoms with Crippen LogP contribution >= 0.6 is 0 Å². The minimum atomic E-state index is -0.237. The molecule has 0 atom stereocenters. The van der Waals surface area contributed by atoms with Crippen LogP contribution in [0.15, 0.2) is 24.3 Å². The molecule has 2 amide bonds. The molecular formula is C13H14N2O3. The molecule has 2 rings (SSSR count). The van der Waals surface area contributed by atoms with Crippen molar-refractivity contribution in [2.45, 2.75) is 6.92 Å². The van der Waals surface area contributed by atoms with Crippen molar-refractivity contribution in [3.63, 3.8) is 0 Å². The van der Waals surface area contributed by atoms with Gasteiger partial charge in [-0.15, -0.1) is 0 Å². The van der Waals surface area contributed by atoms with Crippen LogP contribution in [0, 0.1) is 0 Å². The first-order chi connectivity index (χ1) is 8.49. The zero-order valence-electron chi connectivity index (χ0n) is 10.3. The lowest BCUT2D eigenvalue weighted by Crippen LogP contribution is -2.52. The van der Waals surface area contributed by atoms with E-state index in [4.69, 9.17) is 0 Å². The van der Waals surface area contributed by atoms with Crippen LogP contribution in [0.3, 0.4) is 0 Å². The topological polar surface area (TPSA) is 57.7 Å². The van der Waals surface area contributed by atoms with Gasteiger partial charge in [0.1, 0.15) is 0 Å². The summed E-state index contributed by atoms with van der Waals surface area (Å²) in [6.07, 6.45) is 0. The Hall–Kier alpha value is -2.17. The predicted octanol–water partition coefficient (Wildman–Crippen LogP) is 0.694. The highest BCUT2D eigenvalue weighted by Gasteiger charge is 2.28. The van der Waals surface area contributed by atoms with Gasteiger partial charge in [0.2, 0.25) is 11.8 Å². The monoisotopic (exact) mass is 246 g/mol. The molecule has 5 nitrogen and oxygen atoms in total. The first-order valence-corrected chi connectivity index (χ1v) is 5.64. The highest BCUT2D eigenvalue weighted by molar-refractivity contribution is 6.03. The quantitative estimate of drug-likeness (QED) is 0.569. The maximum atomic E-state index is 11.6. The molecule has 0 unspecified atom stereocenters. The van der Waals surface area contributed by atoms with Crippen LogP contribution in [0.4, 0.5) is 5.69 Å². The van der Waals surface area contributed by atoms with E-state index in [0.717, 1.165) is 10.6 Å².